The zero-order chi connectivity index (χ0) is 11.1. The predicted molar refractivity (Wildman–Crippen MR) is 58.1 cm³/mol. The van der Waals surface area contributed by atoms with Crippen LogP contribution in [0.1, 0.15) is 40.0 Å². The van der Waals surface area contributed by atoms with Crippen molar-refractivity contribution in [3.05, 3.63) is 12.3 Å². The summed E-state index contributed by atoms with van der Waals surface area (Å²) < 4.78 is 0. The zero-order valence-electron chi connectivity index (χ0n) is 9.34. The van der Waals surface area contributed by atoms with Crippen LogP contribution in [0.25, 0.3) is 0 Å². The van der Waals surface area contributed by atoms with E-state index in [4.69, 9.17) is 5.11 Å². The molecule has 0 saturated carbocycles. The summed E-state index contributed by atoms with van der Waals surface area (Å²) >= 11 is 0. The number of rotatable bonds is 7. The smallest absolute Gasteiger partial charge is 0.326 e. The lowest BCUT2D eigenvalue weighted by atomic mass is 10.0. The highest BCUT2D eigenvalue weighted by atomic mass is 16.4. The maximum absolute atomic E-state index is 10.8. The van der Waals surface area contributed by atoms with Crippen molar-refractivity contribution in [3.63, 3.8) is 0 Å². The molecular formula is C11H21NO2. The third kappa shape index (κ3) is 4.90. The third-order valence-corrected chi connectivity index (χ3v) is 2.12. The van der Waals surface area contributed by atoms with Crippen LogP contribution >= 0.6 is 0 Å². The van der Waals surface area contributed by atoms with Gasteiger partial charge in [-0.1, -0.05) is 33.8 Å². The van der Waals surface area contributed by atoms with Gasteiger partial charge in [0.2, 0.25) is 0 Å². The monoisotopic (exact) mass is 199 g/mol. The molecule has 0 unspecified atom stereocenters. The summed E-state index contributed by atoms with van der Waals surface area (Å²) in [7, 11) is 0. The van der Waals surface area contributed by atoms with Gasteiger partial charge in [0.1, 0.15) is 6.04 Å². The lowest BCUT2D eigenvalue weighted by Crippen LogP contribution is -2.40. The van der Waals surface area contributed by atoms with Gasteiger partial charge in [-0.3, -0.25) is 0 Å². The summed E-state index contributed by atoms with van der Waals surface area (Å²) in [5.74, 6) is -0.733. The number of hydrogen-bond acceptors (Lipinski definition) is 2. The third-order valence-electron chi connectivity index (χ3n) is 2.12. The quantitative estimate of drug-likeness (QED) is 0.662. The van der Waals surface area contributed by atoms with Gasteiger partial charge in [0.05, 0.1) is 0 Å². The van der Waals surface area contributed by atoms with Crippen LogP contribution in [0, 0.1) is 5.92 Å². The van der Waals surface area contributed by atoms with Gasteiger partial charge < -0.3 is 10.4 Å². The SMILES string of the molecule is C=C(CCCC)N[C@H](C(=O)O)C(C)C. The maximum atomic E-state index is 10.8. The summed E-state index contributed by atoms with van der Waals surface area (Å²) in [6, 6.07) is -0.514. The van der Waals surface area contributed by atoms with Crippen LogP contribution in [0.3, 0.4) is 0 Å². The first-order valence-corrected chi connectivity index (χ1v) is 5.16. The Bertz CT molecular complexity index is 199. The Morgan fingerprint density at radius 1 is 1.50 bits per heavy atom. The van der Waals surface area contributed by atoms with Crippen LogP contribution in [0.15, 0.2) is 12.3 Å². The zero-order valence-corrected chi connectivity index (χ0v) is 9.34. The number of unbranched alkanes of at least 4 members (excludes halogenated alkanes) is 1. The van der Waals surface area contributed by atoms with Crippen molar-refractivity contribution in [1.82, 2.24) is 5.32 Å². The van der Waals surface area contributed by atoms with Crippen LogP contribution in [-0.2, 0) is 4.79 Å². The Morgan fingerprint density at radius 3 is 2.43 bits per heavy atom. The fraction of sp³-hybridized carbons (Fsp3) is 0.727. The van der Waals surface area contributed by atoms with Crippen LogP contribution in [0.5, 0.6) is 0 Å². The van der Waals surface area contributed by atoms with Crippen molar-refractivity contribution >= 4 is 5.97 Å². The molecule has 0 fully saturated rings. The topological polar surface area (TPSA) is 49.3 Å². The molecular weight excluding hydrogens is 178 g/mol. The molecule has 1 atom stereocenters. The van der Waals surface area contributed by atoms with Crippen molar-refractivity contribution in [2.75, 3.05) is 0 Å². The fourth-order valence-electron chi connectivity index (χ4n) is 1.20. The van der Waals surface area contributed by atoms with E-state index in [1.807, 2.05) is 13.8 Å². The van der Waals surface area contributed by atoms with E-state index < -0.39 is 12.0 Å². The molecule has 14 heavy (non-hydrogen) atoms. The molecule has 3 heteroatoms. The van der Waals surface area contributed by atoms with Gasteiger partial charge in [-0.25, -0.2) is 4.79 Å². The van der Waals surface area contributed by atoms with Gasteiger partial charge in [0.15, 0.2) is 0 Å². The molecule has 0 aromatic heterocycles. The second-order valence-corrected chi connectivity index (χ2v) is 3.91. The molecule has 0 amide bonds. The van der Waals surface area contributed by atoms with E-state index in [0.29, 0.717) is 0 Å². The van der Waals surface area contributed by atoms with E-state index in [9.17, 15) is 4.79 Å². The fourth-order valence-corrected chi connectivity index (χ4v) is 1.20. The van der Waals surface area contributed by atoms with Crippen LogP contribution < -0.4 is 5.32 Å². The molecule has 2 N–H and O–H groups in total. The normalized spacial score (nSPS) is 12.6. The number of carboxylic acid groups (broad SMARTS) is 1. The van der Waals surface area contributed by atoms with Crippen LogP contribution in [-0.4, -0.2) is 17.1 Å². The second-order valence-electron chi connectivity index (χ2n) is 3.91. The van der Waals surface area contributed by atoms with E-state index in [-0.39, 0.29) is 5.92 Å². The molecule has 0 spiro atoms. The first-order valence-electron chi connectivity index (χ1n) is 5.16. The molecule has 0 rings (SSSR count). The Kier molecular flexibility index (Phi) is 6.00. The van der Waals surface area contributed by atoms with E-state index in [2.05, 4.69) is 18.8 Å². The lowest BCUT2D eigenvalue weighted by Gasteiger charge is -2.20. The van der Waals surface area contributed by atoms with Crippen molar-refractivity contribution in [2.45, 2.75) is 46.1 Å². The Labute approximate surface area is 86.2 Å². The standard InChI is InChI=1S/C11H21NO2/c1-5-6-7-9(4)12-10(8(2)3)11(13)14/h8,10,12H,4-7H2,1-3H3,(H,13,14)/t10-/m0/s1. The van der Waals surface area contributed by atoms with E-state index in [1.165, 1.54) is 0 Å². The second kappa shape index (κ2) is 6.46. The average Bonchev–Trinajstić information content (AvgIpc) is 2.09. The highest BCUT2D eigenvalue weighted by Gasteiger charge is 2.20. The molecule has 0 aromatic carbocycles. The summed E-state index contributed by atoms with van der Waals surface area (Å²) in [5.41, 5.74) is 0.827. The summed E-state index contributed by atoms with van der Waals surface area (Å²) in [6.07, 6.45) is 3.00. The molecule has 0 aliphatic rings. The van der Waals surface area contributed by atoms with Crippen molar-refractivity contribution < 1.29 is 9.90 Å². The lowest BCUT2D eigenvalue weighted by molar-refractivity contribution is -0.140. The molecule has 3 nitrogen and oxygen atoms in total. The predicted octanol–water partition coefficient (Wildman–Crippen LogP) is 2.39. The molecule has 0 aliphatic heterocycles. The summed E-state index contributed by atoms with van der Waals surface area (Å²) in [6.45, 7) is 9.70. The first-order chi connectivity index (χ1) is 6.49. The Morgan fingerprint density at radius 2 is 2.07 bits per heavy atom. The highest BCUT2D eigenvalue weighted by molar-refractivity contribution is 5.74. The number of carboxylic acids is 1. The van der Waals surface area contributed by atoms with Gasteiger partial charge in [-0.05, 0) is 18.8 Å². The minimum absolute atomic E-state index is 0.0749. The molecule has 0 bridgehead atoms. The molecule has 82 valence electrons. The Hall–Kier alpha value is -0.990. The van der Waals surface area contributed by atoms with Crippen molar-refractivity contribution in [3.8, 4) is 0 Å². The van der Waals surface area contributed by atoms with E-state index in [1.54, 1.807) is 0 Å². The summed E-state index contributed by atoms with van der Waals surface area (Å²) in [4.78, 5) is 10.8. The molecule has 0 radical (unpaired) electrons. The highest BCUT2D eigenvalue weighted by Crippen LogP contribution is 2.07. The van der Waals surface area contributed by atoms with E-state index in [0.717, 1.165) is 25.0 Å². The van der Waals surface area contributed by atoms with Gasteiger partial charge in [-0.2, -0.15) is 0 Å². The Balaban J connectivity index is 4.04. The number of allylic oxidation sites excluding steroid dienone is 1. The van der Waals surface area contributed by atoms with Gasteiger partial charge in [0, 0.05) is 5.70 Å². The molecule has 0 heterocycles. The summed E-state index contributed by atoms with van der Waals surface area (Å²) in [5, 5.41) is 11.9. The number of nitrogens with one attached hydrogen (secondary N) is 1. The minimum atomic E-state index is -0.808. The first kappa shape index (κ1) is 13.0. The van der Waals surface area contributed by atoms with Crippen LogP contribution in [0.2, 0.25) is 0 Å². The van der Waals surface area contributed by atoms with Crippen molar-refractivity contribution in [1.29, 1.82) is 0 Å². The number of carbonyl (C=O) groups is 1. The van der Waals surface area contributed by atoms with Crippen molar-refractivity contribution in [2.24, 2.45) is 5.92 Å². The van der Waals surface area contributed by atoms with E-state index >= 15 is 0 Å². The molecule has 0 saturated heterocycles. The number of aliphatic carboxylic acids is 1. The molecule has 0 aliphatic carbocycles. The van der Waals surface area contributed by atoms with Crippen LogP contribution in [0.4, 0.5) is 0 Å². The van der Waals surface area contributed by atoms with Gasteiger partial charge in [-0.15, -0.1) is 0 Å². The maximum Gasteiger partial charge on any atom is 0.326 e. The molecule has 0 aromatic rings. The largest absolute Gasteiger partial charge is 0.480 e. The minimum Gasteiger partial charge on any atom is -0.480 e. The number of hydrogen-bond donors (Lipinski definition) is 2. The van der Waals surface area contributed by atoms with Gasteiger partial charge >= 0.3 is 5.97 Å². The average molecular weight is 199 g/mol. The van der Waals surface area contributed by atoms with Gasteiger partial charge in [0.25, 0.3) is 0 Å².